The third-order valence-electron chi connectivity index (χ3n) is 7.04. The highest BCUT2D eigenvalue weighted by atomic mass is 32.2. The van der Waals surface area contributed by atoms with Crippen molar-refractivity contribution in [1.82, 2.24) is 9.29 Å². The van der Waals surface area contributed by atoms with E-state index >= 15 is 0 Å². The van der Waals surface area contributed by atoms with E-state index < -0.39 is 27.8 Å². The number of amides is 1. The summed E-state index contributed by atoms with van der Waals surface area (Å²) in [6, 6.07) is 11.9. The standard InChI is InChI=1S/C27H31F2N3O6S/c1-25(2,3)23-12-16-11-18(6-7-20(16)32(23)15-19(33)14-30-39(4,35)36)31-24(34)26(9-10-26)17-5-8-21-22(13-17)38-27(28,29)37-21/h5-8,11-13,19,30,33H,9-10,14-15H2,1-4H3,(H,31,34)/t19-/m0/s1. The fourth-order valence-corrected chi connectivity index (χ4v) is 5.45. The van der Waals surface area contributed by atoms with Crippen LogP contribution in [0.1, 0.15) is 44.9 Å². The van der Waals surface area contributed by atoms with Gasteiger partial charge in [-0.25, -0.2) is 13.1 Å². The first-order valence-electron chi connectivity index (χ1n) is 12.5. The highest BCUT2D eigenvalue weighted by Crippen LogP contribution is 2.52. The predicted molar refractivity (Wildman–Crippen MR) is 142 cm³/mol. The summed E-state index contributed by atoms with van der Waals surface area (Å²) in [4.78, 5) is 13.4. The Bertz CT molecular complexity index is 1560. The van der Waals surface area contributed by atoms with Crippen molar-refractivity contribution in [2.24, 2.45) is 0 Å². The number of carbonyl (C=O) groups excluding carboxylic acids is 1. The van der Waals surface area contributed by atoms with Crippen molar-refractivity contribution in [2.45, 2.75) is 63.4 Å². The zero-order chi connectivity index (χ0) is 28.4. The number of hydrogen-bond acceptors (Lipinski definition) is 6. The second kappa shape index (κ2) is 9.17. The molecule has 1 aromatic heterocycles. The Hall–Kier alpha value is -3.22. The maximum absolute atomic E-state index is 13.4. The first kappa shape index (κ1) is 27.4. The summed E-state index contributed by atoms with van der Waals surface area (Å²) in [5.41, 5.74) is 1.80. The molecule has 0 unspecified atom stereocenters. The van der Waals surface area contributed by atoms with Crippen molar-refractivity contribution in [1.29, 1.82) is 0 Å². The lowest BCUT2D eigenvalue weighted by Crippen LogP contribution is -2.34. The number of ether oxygens (including phenoxy) is 2. The molecule has 1 aliphatic heterocycles. The number of aliphatic hydroxyl groups is 1. The number of alkyl halides is 2. The van der Waals surface area contributed by atoms with E-state index in [-0.39, 0.29) is 35.9 Å². The fourth-order valence-electron chi connectivity index (χ4n) is 4.96. The Kier molecular flexibility index (Phi) is 6.43. The molecule has 0 radical (unpaired) electrons. The molecule has 2 heterocycles. The number of sulfonamides is 1. The van der Waals surface area contributed by atoms with Gasteiger partial charge in [0.15, 0.2) is 11.5 Å². The second-order valence-electron chi connectivity index (χ2n) is 11.3. The van der Waals surface area contributed by atoms with Gasteiger partial charge in [0.05, 0.1) is 24.3 Å². The number of carbonyl (C=O) groups is 1. The number of nitrogens with one attached hydrogen (secondary N) is 2. The zero-order valence-electron chi connectivity index (χ0n) is 22.0. The van der Waals surface area contributed by atoms with Crippen molar-refractivity contribution in [3.05, 3.63) is 53.7 Å². The Morgan fingerprint density at radius 3 is 2.44 bits per heavy atom. The number of anilines is 1. The molecule has 1 aliphatic carbocycles. The summed E-state index contributed by atoms with van der Waals surface area (Å²) in [6.45, 7) is 6.19. The minimum atomic E-state index is -3.72. The zero-order valence-corrected chi connectivity index (χ0v) is 22.9. The van der Waals surface area contributed by atoms with Gasteiger partial charge in [0, 0.05) is 34.2 Å². The molecular weight excluding hydrogens is 532 g/mol. The normalized spacial score (nSPS) is 18.2. The molecule has 39 heavy (non-hydrogen) atoms. The molecule has 5 rings (SSSR count). The van der Waals surface area contributed by atoms with Gasteiger partial charge < -0.3 is 24.5 Å². The molecule has 0 bridgehead atoms. The molecule has 9 nitrogen and oxygen atoms in total. The van der Waals surface area contributed by atoms with Gasteiger partial charge in [-0.3, -0.25) is 4.79 Å². The molecule has 12 heteroatoms. The highest BCUT2D eigenvalue weighted by molar-refractivity contribution is 7.88. The number of benzene rings is 2. The van der Waals surface area contributed by atoms with E-state index in [0.717, 1.165) is 22.9 Å². The predicted octanol–water partition coefficient (Wildman–Crippen LogP) is 3.84. The van der Waals surface area contributed by atoms with E-state index in [0.29, 0.717) is 24.1 Å². The lowest BCUT2D eigenvalue weighted by Gasteiger charge is -2.24. The fraction of sp³-hybridized carbons (Fsp3) is 0.444. The van der Waals surface area contributed by atoms with E-state index in [4.69, 9.17) is 0 Å². The van der Waals surface area contributed by atoms with Crippen molar-refractivity contribution in [2.75, 3.05) is 18.1 Å². The van der Waals surface area contributed by atoms with Crippen LogP contribution in [0.2, 0.25) is 0 Å². The van der Waals surface area contributed by atoms with E-state index in [1.807, 2.05) is 43.5 Å². The smallest absolute Gasteiger partial charge is 0.395 e. The Labute approximate surface area is 225 Å². The third kappa shape index (κ3) is 5.59. The SMILES string of the molecule is CC(C)(C)c1cc2cc(NC(=O)C3(c4ccc5c(c4)OC(F)(F)O5)CC3)ccc2n1C[C@@H](O)CNS(C)(=O)=O. The summed E-state index contributed by atoms with van der Waals surface area (Å²) in [7, 11) is -3.44. The van der Waals surface area contributed by atoms with Crippen molar-refractivity contribution >= 4 is 32.5 Å². The van der Waals surface area contributed by atoms with Crippen LogP contribution in [-0.2, 0) is 32.2 Å². The average Bonchev–Trinajstić information content (AvgIpc) is 3.46. The monoisotopic (exact) mass is 563 g/mol. The van der Waals surface area contributed by atoms with E-state index in [1.54, 1.807) is 12.1 Å². The van der Waals surface area contributed by atoms with Crippen molar-refractivity contribution in [3.8, 4) is 11.5 Å². The Balaban J connectivity index is 1.38. The van der Waals surface area contributed by atoms with Crippen LogP contribution >= 0.6 is 0 Å². The van der Waals surface area contributed by atoms with Gasteiger partial charge in [-0.1, -0.05) is 26.8 Å². The maximum atomic E-state index is 13.4. The number of nitrogens with zero attached hydrogens (tertiary/aromatic N) is 1. The number of rotatable bonds is 8. The lowest BCUT2D eigenvalue weighted by molar-refractivity contribution is -0.286. The van der Waals surface area contributed by atoms with Gasteiger partial charge >= 0.3 is 6.29 Å². The molecule has 1 saturated carbocycles. The largest absolute Gasteiger partial charge is 0.586 e. The van der Waals surface area contributed by atoms with Gasteiger partial charge in [-0.15, -0.1) is 8.78 Å². The van der Waals surface area contributed by atoms with Crippen LogP contribution in [0.5, 0.6) is 11.5 Å². The van der Waals surface area contributed by atoms with Gasteiger partial charge in [-0.2, -0.15) is 0 Å². The number of aromatic nitrogens is 1. The van der Waals surface area contributed by atoms with E-state index in [2.05, 4.69) is 19.5 Å². The van der Waals surface area contributed by atoms with Crippen molar-refractivity contribution in [3.63, 3.8) is 0 Å². The van der Waals surface area contributed by atoms with Gasteiger partial charge in [0.2, 0.25) is 15.9 Å². The lowest BCUT2D eigenvalue weighted by atomic mass is 9.92. The van der Waals surface area contributed by atoms with Crippen LogP contribution < -0.4 is 19.5 Å². The van der Waals surface area contributed by atoms with E-state index in [9.17, 15) is 27.1 Å². The number of halogens is 2. The molecule has 3 N–H and O–H groups in total. The van der Waals surface area contributed by atoms with Crippen molar-refractivity contribution < 1.29 is 36.6 Å². The molecule has 2 aliphatic rings. The molecule has 0 saturated heterocycles. The first-order chi connectivity index (χ1) is 18.1. The quantitative estimate of drug-likeness (QED) is 0.383. The molecule has 3 aromatic rings. The van der Waals surface area contributed by atoms with Crippen LogP contribution in [-0.4, -0.2) is 49.2 Å². The Morgan fingerprint density at radius 1 is 1.10 bits per heavy atom. The van der Waals surface area contributed by atoms with Crippen LogP contribution in [0.15, 0.2) is 42.5 Å². The number of aliphatic hydroxyl groups excluding tert-OH is 1. The minimum Gasteiger partial charge on any atom is -0.395 e. The molecule has 1 atom stereocenters. The van der Waals surface area contributed by atoms with E-state index in [1.165, 1.54) is 12.1 Å². The van der Waals surface area contributed by atoms with Crippen LogP contribution in [0.4, 0.5) is 14.5 Å². The van der Waals surface area contributed by atoms with Gasteiger partial charge in [0.25, 0.3) is 0 Å². The van der Waals surface area contributed by atoms with Crippen LogP contribution in [0, 0.1) is 0 Å². The summed E-state index contributed by atoms with van der Waals surface area (Å²) in [5, 5.41) is 14.3. The molecule has 210 valence electrons. The number of hydrogen-bond donors (Lipinski definition) is 3. The maximum Gasteiger partial charge on any atom is 0.586 e. The summed E-state index contributed by atoms with van der Waals surface area (Å²) < 4.78 is 63.1. The van der Waals surface area contributed by atoms with Crippen LogP contribution in [0.3, 0.4) is 0 Å². The Morgan fingerprint density at radius 2 is 1.79 bits per heavy atom. The van der Waals surface area contributed by atoms with Gasteiger partial charge in [-0.05, 0) is 54.8 Å². The summed E-state index contributed by atoms with van der Waals surface area (Å²) >= 11 is 0. The first-order valence-corrected chi connectivity index (χ1v) is 14.4. The molecule has 0 spiro atoms. The van der Waals surface area contributed by atoms with Gasteiger partial charge in [0.1, 0.15) is 0 Å². The molecule has 1 amide bonds. The average molecular weight is 564 g/mol. The number of fused-ring (bicyclic) bond motifs is 2. The summed E-state index contributed by atoms with van der Waals surface area (Å²) in [5.74, 6) is -0.407. The highest BCUT2D eigenvalue weighted by Gasteiger charge is 2.52. The topological polar surface area (TPSA) is 119 Å². The molecular formula is C27H31F2N3O6S. The van der Waals surface area contributed by atoms with Crippen LogP contribution in [0.25, 0.3) is 10.9 Å². The summed E-state index contributed by atoms with van der Waals surface area (Å²) in [6.07, 6.45) is -2.50. The molecule has 2 aromatic carbocycles. The second-order valence-corrected chi connectivity index (χ2v) is 13.1. The minimum absolute atomic E-state index is 0.0678. The molecule has 1 fully saturated rings. The third-order valence-corrected chi connectivity index (χ3v) is 7.73.